The van der Waals surface area contributed by atoms with Gasteiger partial charge in [0.25, 0.3) is 5.91 Å². The highest BCUT2D eigenvalue weighted by atomic mass is 35.5. The van der Waals surface area contributed by atoms with Crippen molar-refractivity contribution < 1.29 is 14.3 Å². The largest absolute Gasteiger partial charge is 0.465 e. The first-order valence-corrected chi connectivity index (χ1v) is 7.80. The lowest BCUT2D eigenvalue weighted by Gasteiger charge is -2.09. The highest BCUT2D eigenvalue weighted by Gasteiger charge is 2.10. The molecule has 1 amide bonds. The molecule has 0 radical (unpaired) electrons. The number of hydrogen-bond acceptors (Lipinski definition) is 4. The van der Waals surface area contributed by atoms with E-state index in [1.807, 2.05) is 12.1 Å². The van der Waals surface area contributed by atoms with Crippen molar-refractivity contribution in [3.63, 3.8) is 0 Å². The summed E-state index contributed by atoms with van der Waals surface area (Å²) in [5.41, 5.74) is 1.89. The lowest BCUT2D eigenvalue weighted by Crippen LogP contribution is -2.33. The van der Waals surface area contributed by atoms with E-state index in [9.17, 15) is 9.59 Å². The van der Waals surface area contributed by atoms with Crippen LogP contribution in [0.1, 0.15) is 15.9 Å². The molecule has 0 saturated carbocycles. The van der Waals surface area contributed by atoms with E-state index in [0.717, 1.165) is 5.56 Å². The van der Waals surface area contributed by atoms with Crippen LogP contribution < -0.4 is 10.6 Å². The zero-order valence-electron chi connectivity index (χ0n) is 12.8. The molecule has 24 heavy (non-hydrogen) atoms. The van der Waals surface area contributed by atoms with Crippen LogP contribution in [0.3, 0.4) is 0 Å². The standard InChI is InChI=1S/C17H15ClN2O3S/c1-23-17(22)12-4-8-14(9-5-12)20-15(21)16(24)19-10-11-2-6-13(18)7-3-11/h2-9H,10H2,1H3,(H,19,24)(H,20,21). The van der Waals surface area contributed by atoms with Gasteiger partial charge in [0.2, 0.25) is 0 Å². The van der Waals surface area contributed by atoms with Gasteiger partial charge in [0.1, 0.15) is 0 Å². The topological polar surface area (TPSA) is 67.4 Å². The fourth-order valence-electron chi connectivity index (χ4n) is 1.86. The highest BCUT2D eigenvalue weighted by molar-refractivity contribution is 7.82. The lowest BCUT2D eigenvalue weighted by atomic mass is 10.2. The van der Waals surface area contributed by atoms with E-state index in [2.05, 4.69) is 15.4 Å². The summed E-state index contributed by atoms with van der Waals surface area (Å²) in [6.45, 7) is 0.421. The molecule has 124 valence electrons. The SMILES string of the molecule is COC(=O)c1ccc(NC(=O)C(=S)NCc2ccc(Cl)cc2)cc1. The second-order valence-corrected chi connectivity index (χ2v) is 5.68. The van der Waals surface area contributed by atoms with Gasteiger partial charge in [-0.05, 0) is 42.0 Å². The van der Waals surface area contributed by atoms with Crippen molar-refractivity contribution in [3.05, 3.63) is 64.7 Å². The van der Waals surface area contributed by atoms with Crippen molar-refractivity contribution in [1.29, 1.82) is 0 Å². The highest BCUT2D eigenvalue weighted by Crippen LogP contribution is 2.11. The zero-order chi connectivity index (χ0) is 17.5. The maximum absolute atomic E-state index is 12.0. The Morgan fingerprint density at radius 3 is 2.29 bits per heavy atom. The van der Waals surface area contributed by atoms with Crippen molar-refractivity contribution in [2.24, 2.45) is 0 Å². The number of hydrogen-bond donors (Lipinski definition) is 2. The van der Waals surface area contributed by atoms with E-state index >= 15 is 0 Å². The fraction of sp³-hybridized carbons (Fsp3) is 0.118. The molecule has 7 heteroatoms. The van der Waals surface area contributed by atoms with Gasteiger partial charge in [0, 0.05) is 17.3 Å². The Balaban J connectivity index is 1.88. The Morgan fingerprint density at radius 1 is 1.08 bits per heavy atom. The molecule has 0 saturated heterocycles. The molecule has 0 bridgehead atoms. The predicted octanol–water partition coefficient (Wildman–Crippen LogP) is 3.18. The smallest absolute Gasteiger partial charge is 0.337 e. The second-order valence-electron chi connectivity index (χ2n) is 4.83. The van der Waals surface area contributed by atoms with Gasteiger partial charge in [-0.1, -0.05) is 36.0 Å². The van der Waals surface area contributed by atoms with Crippen molar-refractivity contribution in [2.45, 2.75) is 6.54 Å². The number of thiocarbonyl (C=S) groups is 1. The molecule has 0 aliphatic rings. The maximum Gasteiger partial charge on any atom is 0.337 e. The van der Waals surface area contributed by atoms with Gasteiger partial charge in [0.15, 0.2) is 4.99 Å². The Hall–Kier alpha value is -2.44. The number of carbonyl (C=O) groups is 2. The number of amides is 1. The van der Waals surface area contributed by atoms with Crippen LogP contribution in [0, 0.1) is 0 Å². The summed E-state index contributed by atoms with van der Waals surface area (Å²) in [6.07, 6.45) is 0. The van der Waals surface area contributed by atoms with Gasteiger partial charge < -0.3 is 15.4 Å². The normalized spacial score (nSPS) is 9.92. The summed E-state index contributed by atoms with van der Waals surface area (Å²) in [7, 11) is 1.31. The molecule has 5 nitrogen and oxygen atoms in total. The van der Waals surface area contributed by atoms with Crippen molar-refractivity contribution >= 4 is 46.4 Å². The molecular weight excluding hydrogens is 348 g/mol. The Bertz CT molecular complexity index is 745. The minimum Gasteiger partial charge on any atom is -0.465 e. The second kappa shape index (κ2) is 8.42. The number of nitrogens with one attached hydrogen (secondary N) is 2. The van der Waals surface area contributed by atoms with Gasteiger partial charge in [-0.2, -0.15) is 0 Å². The molecular formula is C17H15ClN2O3S. The average molecular weight is 363 g/mol. The Labute approximate surface area is 150 Å². The number of esters is 1. The summed E-state index contributed by atoms with van der Waals surface area (Å²) < 4.78 is 4.61. The minimum absolute atomic E-state index is 0.0713. The molecule has 0 atom stereocenters. The first-order chi connectivity index (χ1) is 11.5. The molecule has 0 spiro atoms. The van der Waals surface area contributed by atoms with Crippen LogP contribution in [-0.4, -0.2) is 24.0 Å². The van der Waals surface area contributed by atoms with E-state index in [1.165, 1.54) is 7.11 Å². The maximum atomic E-state index is 12.0. The molecule has 2 rings (SSSR count). The van der Waals surface area contributed by atoms with E-state index in [-0.39, 0.29) is 4.99 Å². The number of halogens is 1. The van der Waals surface area contributed by atoms with E-state index < -0.39 is 11.9 Å². The van der Waals surface area contributed by atoms with Crippen molar-refractivity contribution in [2.75, 3.05) is 12.4 Å². The number of ether oxygens (including phenoxy) is 1. The van der Waals surface area contributed by atoms with Crippen LogP contribution in [0.5, 0.6) is 0 Å². The summed E-state index contributed by atoms with van der Waals surface area (Å²) in [4.78, 5) is 23.5. The predicted molar refractivity (Wildman–Crippen MR) is 97.3 cm³/mol. The summed E-state index contributed by atoms with van der Waals surface area (Å²) >= 11 is 10.9. The van der Waals surface area contributed by atoms with E-state index in [0.29, 0.717) is 22.8 Å². The summed E-state index contributed by atoms with van der Waals surface area (Å²) in [5, 5.41) is 6.18. The van der Waals surface area contributed by atoms with Gasteiger partial charge >= 0.3 is 5.97 Å². The van der Waals surface area contributed by atoms with Crippen LogP contribution in [0.15, 0.2) is 48.5 Å². The molecule has 0 aromatic heterocycles. The number of rotatable bonds is 4. The number of carbonyl (C=O) groups excluding carboxylic acids is 2. The van der Waals surface area contributed by atoms with Gasteiger partial charge in [-0.25, -0.2) is 4.79 Å². The molecule has 0 unspecified atom stereocenters. The molecule has 2 aromatic carbocycles. The molecule has 0 aliphatic heterocycles. The Kier molecular flexibility index (Phi) is 6.28. The minimum atomic E-state index is -0.437. The van der Waals surface area contributed by atoms with Crippen molar-refractivity contribution in [1.82, 2.24) is 5.32 Å². The quantitative estimate of drug-likeness (QED) is 0.646. The van der Waals surface area contributed by atoms with Crippen LogP contribution in [0.2, 0.25) is 5.02 Å². The van der Waals surface area contributed by atoms with Crippen LogP contribution >= 0.6 is 23.8 Å². The Morgan fingerprint density at radius 2 is 1.71 bits per heavy atom. The van der Waals surface area contributed by atoms with E-state index in [4.69, 9.17) is 23.8 Å². The van der Waals surface area contributed by atoms with Crippen molar-refractivity contribution in [3.8, 4) is 0 Å². The summed E-state index contributed by atoms with van der Waals surface area (Å²) in [5.74, 6) is -0.863. The van der Waals surface area contributed by atoms with Crippen LogP contribution in [-0.2, 0) is 16.1 Å². The monoisotopic (exact) mass is 362 g/mol. The number of methoxy groups -OCH3 is 1. The number of anilines is 1. The molecule has 2 aromatic rings. The molecule has 0 fully saturated rings. The number of benzene rings is 2. The lowest BCUT2D eigenvalue weighted by molar-refractivity contribution is -0.110. The van der Waals surface area contributed by atoms with Gasteiger partial charge in [-0.3, -0.25) is 4.79 Å². The third-order valence-corrected chi connectivity index (χ3v) is 3.72. The van der Waals surface area contributed by atoms with Gasteiger partial charge in [-0.15, -0.1) is 0 Å². The molecule has 2 N–H and O–H groups in total. The first kappa shape index (κ1) is 17.9. The molecule has 0 aliphatic carbocycles. The molecule has 0 heterocycles. The first-order valence-electron chi connectivity index (χ1n) is 7.01. The average Bonchev–Trinajstić information content (AvgIpc) is 2.60. The van der Waals surface area contributed by atoms with Gasteiger partial charge in [0.05, 0.1) is 12.7 Å². The van der Waals surface area contributed by atoms with Crippen LogP contribution in [0.25, 0.3) is 0 Å². The summed E-state index contributed by atoms with van der Waals surface area (Å²) in [6, 6.07) is 13.6. The zero-order valence-corrected chi connectivity index (χ0v) is 14.4. The van der Waals surface area contributed by atoms with E-state index in [1.54, 1.807) is 36.4 Å². The third kappa shape index (κ3) is 5.04. The fourth-order valence-corrected chi connectivity index (χ4v) is 2.11. The van der Waals surface area contributed by atoms with Crippen LogP contribution in [0.4, 0.5) is 5.69 Å². The third-order valence-electron chi connectivity index (χ3n) is 3.14.